The Balaban J connectivity index is 2.16. The third kappa shape index (κ3) is 4.50. The van der Waals surface area contributed by atoms with Crippen molar-refractivity contribution >= 4 is 10.2 Å². The SMILES string of the molecule is Cc1ccc(C(CNS(=O)(=O)N(C)C)N2CCOCC2)cc1. The second-order valence-corrected chi connectivity index (χ2v) is 7.68. The van der Waals surface area contributed by atoms with Crippen LogP contribution in [-0.4, -0.2) is 64.6 Å². The fourth-order valence-corrected chi connectivity index (χ4v) is 3.08. The van der Waals surface area contributed by atoms with E-state index in [1.807, 2.05) is 6.92 Å². The Hall–Kier alpha value is -0.990. The van der Waals surface area contributed by atoms with E-state index < -0.39 is 10.2 Å². The third-order valence-electron chi connectivity index (χ3n) is 3.89. The summed E-state index contributed by atoms with van der Waals surface area (Å²) in [6, 6.07) is 8.27. The molecule has 1 atom stereocenters. The molecule has 0 aromatic heterocycles. The number of nitrogens with one attached hydrogen (secondary N) is 1. The number of ether oxygens (including phenoxy) is 1. The van der Waals surface area contributed by atoms with Gasteiger partial charge in [-0.1, -0.05) is 29.8 Å². The minimum atomic E-state index is -3.42. The van der Waals surface area contributed by atoms with Crippen LogP contribution in [0.4, 0.5) is 0 Å². The van der Waals surface area contributed by atoms with Gasteiger partial charge in [0.05, 0.1) is 13.2 Å². The monoisotopic (exact) mass is 327 g/mol. The van der Waals surface area contributed by atoms with Gasteiger partial charge in [0.1, 0.15) is 0 Å². The van der Waals surface area contributed by atoms with Gasteiger partial charge in [0.15, 0.2) is 0 Å². The summed E-state index contributed by atoms with van der Waals surface area (Å²) >= 11 is 0. The lowest BCUT2D eigenvalue weighted by Gasteiger charge is -2.35. The van der Waals surface area contributed by atoms with Crippen molar-refractivity contribution in [3.05, 3.63) is 35.4 Å². The van der Waals surface area contributed by atoms with E-state index in [1.165, 1.54) is 24.0 Å². The van der Waals surface area contributed by atoms with Crippen LogP contribution in [-0.2, 0) is 14.9 Å². The van der Waals surface area contributed by atoms with Crippen LogP contribution < -0.4 is 4.72 Å². The van der Waals surface area contributed by atoms with E-state index in [-0.39, 0.29) is 6.04 Å². The summed E-state index contributed by atoms with van der Waals surface area (Å²) in [5, 5.41) is 0. The topological polar surface area (TPSA) is 61.9 Å². The molecular formula is C15H25N3O3S. The molecule has 1 aliphatic rings. The first kappa shape index (κ1) is 17.4. The van der Waals surface area contributed by atoms with Gasteiger partial charge in [-0.3, -0.25) is 4.90 Å². The molecule has 124 valence electrons. The van der Waals surface area contributed by atoms with E-state index in [2.05, 4.69) is 33.9 Å². The zero-order chi connectivity index (χ0) is 16.2. The van der Waals surface area contributed by atoms with E-state index in [1.54, 1.807) is 0 Å². The molecule has 0 bridgehead atoms. The fourth-order valence-electron chi connectivity index (χ4n) is 2.45. The van der Waals surface area contributed by atoms with Crippen molar-refractivity contribution < 1.29 is 13.2 Å². The van der Waals surface area contributed by atoms with Crippen LogP contribution in [0.1, 0.15) is 17.2 Å². The Labute approximate surface area is 133 Å². The van der Waals surface area contributed by atoms with Gasteiger partial charge in [0.25, 0.3) is 10.2 Å². The molecule has 1 aliphatic heterocycles. The molecule has 6 nitrogen and oxygen atoms in total. The summed E-state index contributed by atoms with van der Waals surface area (Å²) < 4.78 is 33.2. The molecule has 2 rings (SSSR count). The maximum absolute atomic E-state index is 12.0. The maximum Gasteiger partial charge on any atom is 0.278 e. The average Bonchev–Trinajstić information content (AvgIpc) is 2.50. The van der Waals surface area contributed by atoms with E-state index >= 15 is 0 Å². The van der Waals surface area contributed by atoms with Crippen LogP contribution in [0.2, 0.25) is 0 Å². The van der Waals surface area contributed by atoms with Crippen LogP contribution in [0, 0.1) is 6.92 Å². The van der Waals surface area contributed by atoms with Crippen molar-refractivity contribution in [2.45, 2.75) is 13.0 Å². The van der Waals surface area contributed by atoms with Crippen molar-refractivity contribution in [2.24, 2.45) is 0 Å². The highest BCUT2D eigenvalue weighted by Crippen LogP contribution is 2.22. The molecule has 0 aliphatic carbocycles. The number of hydrogen-bond acceptors (Lipinski definition) is 4. The predicted molar refractivity (Wildman–Crippen MR) is 86.9 cm³/mol. The largest absolute Gasteiger partial charge is 0.379 e. The molecule has 7 heteroatoms. The molecule has 0 amide bonds. The fraction of sp³-hybridized carbons (Fsp3) is 0.600. The lowest BCUT2D eigenvalue weighted by molar-refractivity contribution is 0.0171. The molecule has 1 saturated heterocycles. The standard InChI is InChI=1S/C15H25N3O3S/c1-13-4-6-14(7-5-13)15(18-8-10-21-11-9-18)12-16-22(19,20)17(2)3/h4-7,15-16H,8-12H2,1-3H3. The summed E-state index contributed by atoms with van der Waals surface area (Å²) in [5.74, 6) is 0. The van der Waals surface area contributed by atoms with Crippen LogP contribution >= 0.6 is 0 Å². The Morgan fingerprint density at radius 1 is 1.23 bits per heavy atom. The molecular weight excluding hydrogens is 302 g/mol. The summed E-state index contributed by atoms with van der Waals surface area (Å²) in [4.78, 5) is 2.27. The quantitative estimate of drug-likeness (QED) is 0.838. The van der Waals surface area contributed by atoms with Crippen molar-refractivity contribution in [3.63, 3.8) is 0 Å². The lowest BCUT2D eigenvalue weighted by Crippen LogP contribution is -2.45. The van der Waals surface area contributed by atoms with E-state index in [0.717, 1.165) is 18.7 Å². The molecule has 1 fully saturated rings. The van der Waals surface area contributed by atoms with Gasteiger partial charge in [0.2, 0.25) is 0 Å². The molecule has 1 N–H and O–H groups in total. The molecule has 1 aromatic rings. The molecule has 22 heavy (non-hydrogen) atoms. The molecule has 1 heterocycles. The molecule has 1 aromatic carbocycles. The van der Waals surface area contributed by atoms with Crippen LogP contribution in [0.5, 0.6) is 0 Å². The van der Waals surface area contributed by atoms with Gasteiger partial charge in [-0.2, -0.15) is 12.7 Å². The third-order valence-corrected chi connectivity index (χ3v) is 5.38. The van der Waals surface area contributed by atoms with E-state index in [9.17, 15) is 8.42 Å². The highest BCUT2D eigenvalue weighted by atomic mass is 32.2. The van der Waals surface area contributed by atoms with Gasteiger partial charge >= 0.3 is 0 Å². The number of morpholine rings is 1. The zero-order valence-corrected chi connectivity index (χ0v) is 14.3. The Morgan fingerprint density at radius 3 is 2.36 bits per heavy atom. The van der Waals surface area contributed by atoms with Crippen LogP contribution in [0.15, 0.2) is 24.3 Å². The van der Waals surface area contributed by atoms with Gasteiger partial charge in [-0.15, -0.1) is 0 Å². The number of rotatable bonds is 6. The van der Waals surface area contributed by atoms with E-state index in [4.69, 9.17) is 4.74 Å². The lowest BCUT2D eigenvalue weighted by atomic mass is 10.0. The number of hydrogen-bond donors (Lipinski definition) is 1. The predicted octanol–water partition coefficient (Wildman–Crippen LogP) is 0.764. The van der Waals surface area contributed by atoms with Crippen molar-refractivity contribution in [1.29, 1.82) is 0 Å². The second kappa shape index (κ2) is 7.52. The first-order valence-corrected chi connectivity index (χ1v) is 8.89. The smallest absolute Gasteiger partial charge is 0.278 e. The van der Waals surface area contributed by atoms with E-state index in [0.29, 0.717) is 19.8 Å². The number of aryl methyl sites for hydroxylation is 1. The van der Waals surface area contributed by atoms with Crippen molar-refractivity contribution in [3.8, 4) is 0 Å². The number of nitrogens with zero attached hydrogens (tertiary/aromatic N) is 2. The Kier molecular flexibility index (Phi) is 5.94. The molecule has 1 unspecified atom stereocenters. The maximum atomic E-state index is 12.0. The summed E-state index contributed by atoms with van der Waals surface area (Å²) in [6.07, 6.45) is 0. The zero-order valence-electron chi connectivity index (χ0n) is 13.4. The first-order chi connectivity index (χ1) is 10.4. The number of benzene rings is 1. The molecule has 0 radical (unpaired) electrons. The summed E-state index contributed by atoms with van der Waals surface area (Å²) in [7, 11) is -0.371. The van der Waals surface area contributed by atoms with Gasteiger partial charge < -0.3 is 4.74 Å². The molecule has 0 spiro atoms. The van der Waals surface area contributed by atoms with Crippen LogP contribution in [0.3, 0.4) is 0 Å². The normalized spacial score (nSPS) is 18.5. The first-order valence-electron chi connectivity index (χ1n) is 7.45. The Bertz CT molecular complexity index is 566. The van der Waals surface area contributed by atoms with Crippen LogP contribution in [0.25, 0.3) is 0 Å². The minimum absolute atomic E-state index is 0.0132. The summed E-state index contributed by atoms with van der Waals surface area (Å²) in [5.41, 5.74) is 2.31. The summed E-state index contributed by atoms with van der Waals surface area (Å²) in [6.45, 7) is 5.38. The average molecular weight is 327 g/mol. The van der Waals surface area contributed by atoms with Gasteiger partial charge in [-0.05, 0) is 12.5 Å². The van der Waals surface area contributed by atoms with Gasteiger partial charge in [0, 0.05) is 39.8 Å². The Morgan fingerprint density at radius 2 is 1.82 bits per heavy atom. The minimum Gasteiger partial charge on any atom is -0.379 e. The van der Waals surface area contributed by atoms with Crippen molar-refractivity contribution in [2.75, 3.05) is 46.9 Å². The molecule has 0 saturated carbocycles. The van der Waals surface area contributed by atoms with Crippen molar-refractivity contribution in [1.82, 2.24) is 13.9 Å². The second-order valence-electron chi connectivity index (χ2n) is 5.71. The highest BCUT2D eigenvalue weighted by Gasteiger charge is 2.24. The highest BCUT2D eigenvalue weighted by molar-refractivity contribution is 7.87. The van der Waals surface area contributed by atoms with Gasteiger partial charge in [-0.25, -0.2) is 4.72 Å².